The first-order valence-electron chi connectivity index (χ1n) is 6.25. The molecule has 2 aromatic rings. The Kier molecular flexibility index (Phi) is 3.62. The molecule has 0 aliphatic carbocycles. The average Bonchev–Trinajstić information content (AvgIpc) is 2.68. The second-order valence-corrected chi connectivity index (χ2v) is 5.48. The molecule has 0 saturated heterocycles. The Bertz CT molecular complexity index is 590. The molecule has 0 bridgehead atoms. The molecule has 102 valence electrons. The topological polar surface area (TPSA) is 59.7 Å². The molecule has 0 spiro atoms. The number of hydrogen-bond donors (Lipinski definition) is 1. The number of fused-ring (bicyclic) bond motifs is 1. The van der Waals surface area contributed by atoms with Crippen molar-refractivity contribution in [2.45, 2.75) is 32.8 Å². The molecule has 4 nitrogen and oxygen atoms in total. The first kappa shape index (κ1) is 13.6. The van der Waals surface area contributed by atoms with Crippen LogP contribution in [0.2, 0.25) is 0 Å². The van der Waals surface area contributed by atoms with Crippen LogP contribution < -0.4 is 0 Å². The van der Waals surface area contributed by atoms with Crippen molar-refractivity contribution in [3.05, 3.63) is 35.6 Å². The van der Waals surface area contributed by atoms with E-state index in [0.29, 0.717) is 18.6 Å². The normalized spacial score (nSPS) is 11.9. The Hall–Kier alpha value is -1.81. The Morgan fingerprint density at radius 2 is 2.05 bits per heavy atom. The van der Waals surface area contributed by atoms with Crippen LogP contribution in [-0.4, -0.2) is 23.3 Å². The lowest BCUT2D eigenvalue weighted by molar-refractivity contribution is -0.00234. The zero-order chi connectivity index (χ0) is 14.0. The molecule has 0 radical (unpaired) electrons. The standard InChI is InChI=1S/C15H18O4/c1-15(2,3)18-7-6-12-9-11-8-10(14(16)17)4-5-13(11)19-12/h4-5,8-9H,6-7H2,1-3H3,(H,16,17). The second kappa shape index (κ2) is 5.05. The molecule has 1 heterocycles. The van der Waals surface area contributed by atoms with E-state index in [2.05, 4.69) is 0 Å². The van der Waals surface area contributed by atoms with Crippen molar-refractivity contribution >= 4 is 16.9 Å². The summed E-state index contributed by atoms with van der Waals surface area (Å²) in [6.07, 6.45) is 0.675. The van der Waals surface area contributed by atoms with Crippen LogP contribution in [0.1, 0.15) is 36.9 Å². The third-order valence-electron chi connectivity index (χ3n) is 2.70. The molecule has 0 aliphatic heterocycles. The summed E-state index contributed by atoms with van der Waals surface area (Å²) in [5.74, 6) is -0.123. The third-order valence-corrected chi connectivity index (χ3v) is 2.70. The van der Waals surface area contributed by atoms with Gasteiger partial charge in [-0.15, -0.1) is 0 Å². The van der Waals surface area contributed by atoms with Gasteiger partial charge in [0, 0.05) is 11.8 Å². The van der Waals surface area contributed by atoms with Crippen molar-refractivity contribution < 1.29 is 19.1 Å². The molecule has 0 unspecified atom stereocenters. The minimum absolute atomic E-state index is 0.164. The van der Waals surface area contributed by atoms with E-state index >= 15 is 0 Å². The Balaban J connectivity index is 2.11. The van der Waals surface area contributed by atoms with E-state index < -0.39 is 5.97 Å². The van der Waals surface area contributed by atoms with Gasteiger partial charge in [-0.2, -0.15) is 0 Å². The average molecular weight is 262 g/mol. The largest absolute Gasteiger partial charge is 0.478 e. The van der Waals surface area contributed by atoms with E-state index in [0.717, 1.165) is 11.1 Å². The van der Waals surface area contributed by atoms with Crippen LogP contribution >= 0.6 is 0 Å². The van der Waals surface area contributed by atoms with Crippen molar-refractivity contribution in [3.63, 3.8) is 0 Å². The second-order valence-electron chi connectivity index (χ2n) is 5.48. The van der Waals surface area contributed by atoms with Gasteiger partial charge in [-0.05, 0) is 45.0 Å². The fourth-order valence-corrected chi connectivity index (χ4v) is 1.81. The van der Waals surface area contributed by atoms with Crippen molar-refractivity contribution in [3.8, 4) is 0 Å². The van der Waals surface area contributed by atoms with E-state index in [1.54, 1.807) is 18.2 Å². The van der Waals surface area contributed by atoms with Gasteiger partial charge in [0.05, 0.1) is 17.8 Å². The number of furan rings is 1. The predicted molar refractivity (Wildman–Crippen MR) is 72.6 cm³/mol. The van der Waals surface area contributed by atoms with E-state index in [9.17, 15) is 4.79 Å². The molecule has 2 rings (SSSR count). The fraction of sp³-hybridized carbons (Fsp3) is 0.400. The van der Waals surface area contributed by atoms with Crippen LogP contribution in [-0.2, 0) is 11.2 Å². The highest BCUT2D eigenvalue weighted by Crippen LogP contribution is 2.21. The quantitative estimate of drug-likeness (QED) is 0.916. The SMILES string of the molecule is CC(C)(C)OCCc1cc2cc(C(=O)O)ccc2o1. The predicted octanol–water partition coefficient (Wildman–Crippen LogP) is 3.49. The maximum absolute atomic E-state index is 10.9. The number of carboxylic acids is 1. The van der Waals surface area contributed by atoms with Gasteiger partial charge in [0.25, 0.3) is 0 Å². The van der Waals surface area contributed by atoms with Crippen LogP contribution in [0.4, 0.5) is 0 Å². The van der Waals surface area contributed by atoms with Gasteiger partial charge in [-0.25, -0.2) is 4.79 Å². The Labute approximate surface area is 112 Å². The molecular formula is C15H18O4. The van der Waals surface area contributed by atoms with Crippen molar-refractivity contribution in [1.29, 1.82) is 0 Å². The highest BCUT2D eigenvalue weighted by atomic mass is 16.5. The van der Waals surface area contributed by atoms with E-state index in [-0.39, 0.29) is 11.2 Å². The maximum Gasteiger partial charge on any atom is 0.335 e. The lowest BCUT2D eigenvalue weighted by atomic mass is 10.1. The number of benzene rings is 1. The molecule has 1 N–H and O–H groups in total. The van der Waals surface area contributed by atoms with Gasteiger partial charge in [-0.3, -0.25) is 0 Å². The zero-order valence-corrected chi connectivity index (χ0v) is 11.4. The third kappa shape index (κ3) is 3.58. The van der Waals surface area contributed by atoms with E-state index in [1.807, 2.05) is 26.8 Å². The number of ether oxygens (including phenoxy) is 1. The number of hydrogen-bond acceptors (Lipinski definition) is 3. The number of rotatable bonds is 4. The van der Waals surface area contributed by atoms with Crippen LogP contribution in [0.15, 0.2) is 28.7 Å². The first-order chi connectivity index (χ1) is 8.85. The van der Waals surface area contributed by atoms with E-state index in [4.69, 9.17) is 14.3 Å². The number of carboxylic acid groups (broad SMARTS) is 1. The van der Waals surface area contributed by atoms with Gasteiger partial charge in [0.1, 0.15) is 11.3 Å². The summed E-state index contributed by atoms with van der Waals surface area (Å²) in [7, 11) is 0. The maximum atomic E-state index is 10.9. The molecule has 0 aliphatic rings. The number of carbonyl (C=O) groups is 1. The van der Waals surface area contributed by atoms with Gasteiger partial charge in [0.2, 0.25) is 0 Å². The van der Waals surface area contributed by atoms with Crippen molar-refractivity contribution in [1.82, 2.24) is 0 Å². The molecule has 0 atom stereocenters. The summed E-state index contributed by atoms with van der Waals surface area (Å²) in [5.41, 5.74) is 0.809. The molecule has 1 aromatic carbocycles. The van der Waals surface area contributed by atoms with E-state index in [1.165, 1.54) is 0 Å². The molecular weight excluding hydrogens is 244 g/mol. The van der Waals surface area contributed by atoms with Crippen LogP contribution in [0.3, 0.4) is 0 Å². The molecule has 0 amide bonds. The van der Waals surface area contributed by atoms with Crippen molar-refractivity contribution in [2.24, 2.45) is 0 Å². The van der Waals surface area contributed by atoms with Gasteiger partial charge in [0.15, 0.2) is 0 Å². The molecule has 19 heavy (non-hydrogen) atoms. The van der Waals surface area contributed by atoms with Crippen molar-refractivity contribution in [2.75, 3.05) is 6.61 Å². The molecule has 1 aromatic heterocycles. The zero-order valence-electron chi connectivity index (χ0n) is 11.4. The monoisotopic (exact) mass is 262 g/mol. The highest BCUT2D eigenvalue weighted by Gasteiger charge is 2.11. The smallest absolute Gasteiger partial charge is 0.335 e. The summed E-state index contributed by atoms with van der Waals surface area (Å²) in [4.78, 5) is 10.9. The lowest BCUT2D eigenvalue weighted by Crippen LogP contribution is -2.20. The Morgan fingerprint density at radius 3 is 2.68 bits per heavy atom. The van der Waals surface area contributed by atoms with Gasteiger partial charge < -0.3 is 14.3 Å². The fourth-order valence-electron chi connectivity index (χ4n) is 1.81. The molecule has 0 fully saturated rings. The van der Waals surface area contributed by atoms with Crippen LogP contribution in [0.5, 0.6) is 0 Å². The molecule has 4 heteroatoms. The van der Waals surface area contributed by atoms with Crippen LogP contribution in [0, 0.1) is 0 Å². The summed E-state index contributed by atoms with van der Waals surface area (Å²) in [6.45, 7) is 6.59. The Morgan fingerprint density at radius 1 is 1.32 bits per heavy atom. The summed E-state index contributed by atoms with van der Waals surface area (Å²) < 4.78 is 11.3. The molecule has 0 saturated carbocycles. The summed E-state index contributed by atoms with van der Waals surface area (Å²) in [6, 6.07) is 6.72. The summed E-state index contributed by atoms with van der Waals surface area (Å²) in [5, 5.41) is 9.74. The first-order valence-corrected chi connectivity index (χ1v) is 6.25. The van der Waals surface area contributed by atoms with Gasteiger partial charge in [-0.1, -0.05) is 0 Å². The highest BCUT2D eigenvalue weighted by molar-refractivity contribution is 5.93. The number of aromatic carboxylic acids is 1. The minimum Gasteiger partial charge on any atom is -0.478 e. The van der Waals surface area contributed by atoms with Gasteiger partial charge >= 0.3 is 5.97 Å². The van der Waals surface area contributed by atoms with Crippen LogP contribution in [0.25, 0.3) is 11.0 Å². The summed E-state index contributed by atoms with van der Waals surface area (Å²) >= 11 is 0. The minimum atomic E-state index is -0.930. The lowest BCUT2D eigenvalue weighted by Gasteiger charge is -2.18.